The minimum Gasteiger partial charge on any atom is -0.341 e. The van der Waals surface area contributed by atoms with Crippen LogP contribution in [0.3, 0.4) is 0 Å². The Morgan fingerprint density at radius 2 is 2.10 bits per heavy atom. The minimum atomic E-state index is -0.458. The normalized spacial score (nSPS) is 15.1. The first kappa shape index (κ1) is 15.8. The largest absolute Gasteiger partial charge is 0.341 e. The van der Waals surface area contributed by atoms with Gasteiger partial charge in [-0.2, -0.15) is 0 Å². The molecule has 1 fully saturated rings. The highest BCUT2D eigenvalue weighted by molar-refractivity contribution is 6.31. The second-order valence-electron chi connectivity index (χ2n) is 5.64. The summed E-state index contributed by atoms with van der Waals surface area (Å²) in [6, 6.07) is 4.30. The van der Waals surface area contributed by atoms with Crippen LogP contribution in [0.15, 0.2) is 18.2 Å². The van der Waals surface area contributed by atoms with Gasteiger partial charge in [0.15, 0.2) is 0 Å². The number of hydrogen-bond acceptors (Lipinski definition) is 3. The minimum absolute atomic E-state index is 0.00829. The molecule has 0 heterocycles. The van der Waals surface area contributed by atoms with E-state index in [0.717, 1.165) is 12.8 Å². The third-order valence-corrected chi connectivity index (χ3v) is 4.38. The van der Waals surface area contributed by atoms with E-state index in [-0.39, 0.29) is 11.6 Å². The van der Waals surface area contributed by atoms with Crippen molar-refractivity contribution in [1.82, 2.24) is 4.90 Å². The van der Waals surface area contributed by atoms with Crippen LogP contribution in [-0.4, -0.2) is 22.8 Å². The quantitative estimate of drug-likeness (QED) is 0.614. The maximum Gasteiger partial charge on any atom is 0.269 e. The number of rotatable bonds is 5. The van der Waals surface area contributed by atoms with Crippen LogP contribution in [0.25, 0.3) is 0 Å². The lowest BCUT2D eigenvalue weighted by molar-refractivity contribution is -0.384. The second kappa shape index (κ2) is 6.89. The predicted octanol–water partition coefficient (Wildman–Crippen LogP) is 3.79. The highest BCUT2D eigenvalue weighted by Gasteiger charge is 2.21. The first-order valence-corrected chi connectivity index (χ1v) is 7.52. The molecule has 1 saturated carbocycles. The Hall–Kier alpha value is -1.62. The number of nitro benzene ring substituents is 1. The van der Waals surface area contributed by atoms with Gasteiger partial charge in [-0.1, -0.05) is 24.4 Å². The lowest BCUT2D eigenvalue weighted by atomic mass is 10.0. The molecule has 1 aromatic rings. The Balaban J connectivity index is 2.00. The lowest BCUT2D eigenvalue weighted by Crippen LogP contribution is -2.27. The van der Waals surface area contributed by atoms with Crippen LogP contribution in [0.2, 0.25) is 5.02 Å². The van der Waals surface area contributed by atoms with Gasteiger partial charge in [0.25, 0.3) is 5.69 Å². The van der Waals surface area contributed by atoms with E-state index in [1.165, 1.54) is 31.0 Å². The number of nitrogens with zero attached hydrogens (tertiary/aromatic N) is 2. The highest BCUT2D eigenvalue weighted by atomic mass is 35.5. The molecule has 0 saturated heterocycles. The van der Waals surface area contributed by atoms with Gasteiger partial charge in [-0.3, -0.25) is 14.9 Å². The number of amides is 1. The van der Waals surface area contributed by atoms with Gasteiger partial charge in [0, 0.05) is 37.2 Å². The molecule has 1 aromatic carbocycles. The number of carbonyl (C=O) groups is 1. The maximum absolute atomic E-state index is 12.2. The van der Waals surface area contributed by atoms with E-state index in [1.807, 2.05) is 0 Å². The molecule has 0 spiro atoms. The van der Waals surface area contributed by atoms with E-state index in [2.05, 4.69) is 0 Å². The fraction of sp³-hybridized carbons (Fsp3) is 0.533. The maximum atomic E-state index is 12.2. The van der Waals surface area contributed by atoms with Crippen molar-refractivity contribution in [3.8, 4) is 0 Å². The summed E-state index contributed by atoms with van der Waals surface area (Å²) in [4.78, 5) is 24.1. The average molecular weight is 311 g/mol. The molecule has 0 bridgehead atoms. The molecule has 0 aromatic heterocycles. The van der Waals surface area contributed by atoms with Gasteiger partial charge in [-0.25, -0.2) is 0 Å². The van der Waals surface area contributed by atoms with Crippen molar-refractivity contribution in [3.05, 3.63) is 38.9 Å². The predicted molar refractivity (Wildman–Crippen MR) is 81.2 cm³/mol. The van der Waals surface area contributed by atoms with Crippen molar-refractivity contribution in [2.45, 2.75) is 38.6 Å². The standard InChI is InChI=1S/C15H19ClN2O3/c1-17(15(19)8-11-4-2-3-5-11)10-12-9-13(18(20)21)6-7-14(12)16/h6-7,9,11H,2-5,8,10H2,1H3. The second-order valence-corrected chi connectivity index (χ2v) is 6.04. The molecule has 0 aliphatic heterocycles. The zero-order valence-electron chi connectivity index (χ0n) is 12.0. The van der Waals surface area contributed by atoms with Gasteiger partial charge in [0.05, 0.1) is 4.92 Å². The van der Waals surface area contributed by atoms with Crippen molar-refractivity contribution in [1.29, 1.82) is 0 Å². The fourth-order valence-electron chi connectivity index (χ4n) is 2.76. The molecule has 1 aliphatic rings. The Bertz CT molecular complexity index is 542. The molecule has 21 heavy (non-hydrogen) atoms. The lowest BCUT2D eigenvalue weighted by Gasteiger charge is -2.20. The monoisotopic (exact) mass is 310 g/mol. The summed E-state index contributed by atoms with van der Waals surface area (Å²) in [7, 11) is 1.71. The van der Waals surface area contributed by atoms with Crippen LogP contribution in [0.5, 0.6) is 0 Å². The Kier molecular flexibility index (Phi) is 5.17. The number of carbonyl (C=O) groups excluding carboxylic acids is 1. The number of nitro groups is 1. The van der Waals surface area contributed by atoms with Crippen molar-refractivity contribution in [2.24, 2.45) is 5.92 Å². The summed E-state index contributed by atoms with van der Waals surface area (Å²) in [5, 5.41) is 11.2. The molecule has 6 heteroatoms. The fourth-order valence-corrected chi connectivity index (χ4v) is 2.93. The summed E-state index contributed by atoms with van der Waals surface area (Å²) in [6.07, 6.45) is 5.22. The SMILES string of the molecule is CN(Cc1cc([N+](=O)[O-])ccc1Cl)C(=O)CC1CCCC1. The molecule has 0 N–H and O–H groups in total. The van der Waals surface area contributed by atoms with Crippen LogP contribution in [-0.2, 0) is 11.3 Å². The average Bonchev–Trinajstić information content (AvgIpc) is 2.93. The number of halogens is 1. The van der Waals surface area contributed by atoms with E-state index in [4.69, 9.17) is 11.6 Å². The first-order chi connectivity index (χ1) is 9.97. The van der Waals surface area contributed by atoms with Crippen molar-refractivity contribution in [2.75, 3.05) is 7.05 Å². The van der Waals surface area contributed by atoms with Gasteiger partial charge in [0.2, 0.25) is 5.91 Å². The van der Waals surface area contributed by atoms with Gasteiger partial charge in [-0.15, -0.1) is 0 Å². The third-order valence-electron chi connectivity index (χ3n) is 4.01. The van der Waals surface area contributed by atoms with E-state index < -0.39 is 4.92 Å². The summed E-state index contributed by atoms with van der Waals surface area (Å²) < 4.78 is 0. The number of non-ortho nitro benzene ring substituents is 1. The van der Waals surface area contributed by atoms with Gasteiger partial charge in [-0.05, 0) is 30.4 Å². The molecular formula is C15H19ClN2O3. The van der Waals surface area contributed by atoms with Crippen LogP contribution < -0.4 is 0 Å². The molecule has 0 radical (unpaired) electrons. The summed E-state index contributed by atoms with van der Waals surface area (Å²) in [6.45, 7) is 0.298. The van der Waals surface area contributed by atoms with E-state index >= 15 is 0 Å². The smallest absolute Gasteiger partial charge is 0.269 e. The van der Waals surface area contributed by atoms with Gasteiger partial charge < -0.3 is 4.90 Å². The Morgan fingerprint density at radius 1 is 1.43 bits per heavy atom. The molecular weight excluding hydrogens is 292 g/mol. The zero-order valence-corrected chi connectivity index (χ0v) is 12.8. The molecule has 2 rings (SSSR count). The van der Waals surface area contributed by atoms with Crippen LogP contribution >= 0.6 is 11.6 Å². The number of hydrogen-bond donors (Lipinski definition) is 0. The topological polar surface area (TPSA) is 63.4 Å². The van der Waals surface area contributed by atoms with E-state index in [9.17, 15) is 14.9 Å². The van der Waals surface area contributed by atoms with E-state index in [0.29, 0.717) is 29.5 Å². The molecule has 1 aliphatic carbocycles. The Labute approximate surface area is 129 Å². The summed E-state index contributed by atoms with van der Waals surface area (Å²) in [5.41, 5.74) is 0.596. The molecule has 0 unspecified atom stereocenters. The van der Waals surface area contributed by atoms with E-state index in [1.54, 1.807) is 11.9 Å². The van der Waals surface area contributed by atoms with Crippen molar-refractivity contribution < 1.29 is 9.72 Å². The molecule has 114 valence electrons. The summed E-state index contributed by atoms with van der Waals surface area (Å²) in [5.74, 6) is 0.560. The summed E-state index contributed by atoms with van der Waals surface area (Å²) >= 11 is 6.06. The Morgan fingerprint density at radius 3 is 2.71 bits per heavy atom. The highest BCUT2D eigenvalue weighted by Crippen LogP contribution is 2.28. The molecule has 0 atom stereocenters. The van der Waals surface area contributed by atoms with Crippen LogP contribution in [0.1, 0.15) is 37.7 Å². The van der Waals surface area contributed by atoms with Gasteiger partial charge in [0.1, 0.15) is 0 Å². The van der Waals surface area contributed by atoms with Crippen molar-refractivity contribution >= 4 is 23.2 Å². The number of benzene rings is 1. The van der Waals surface area contributed by atoms with Crippen molar-refractivity contribution in [3.63, 3.8) is 0 Å². The zero-order chi connectivity index (χ0) is 15.4. The van der Waals surface area contributed by atoms with Gasteiger partial charge >= 0.3 is 0 Å². The molecule has 1 amide bonds. The van der Waals surface area contributed by atoms with Crippen LogP contribution in [0.4, 0.5) is 5.69 Å². The third kappa shape index (κ3) is 4.17. The first-order valence-electron chi connectivity index (χ1n) is 7.14. The van der Waals surface area contributed by atoms with Crippen LogP contribution in [0, 0.1) is 16.0 Å². The molecule has 5 nitrogen and oxygen atoms in total.